The first-order valence-corrected chi connectivity index (χ1v) is 10.1. The number of nitriles is 1. The first-order chi connectivity index (χ1) is 12.7. The van der Waals surface area contributed by atoms with Crippen LogP contribution in [0.25, 0.3) is 0 Å². The van der Waals surface area contributed by atoms with E-state index in [1.165, 1.54) is 23.7 Å². The van der Waals surface area contributed by atoms with Crippen LogP contribution < -0.4 is 5.32 Å². The van der Waals surface area contributed by atoms with Crippen molar-refractivity contribution in [1.82, 2.24) is 4.98 Å². The number of rotatable bonds is 5. The van der Waals surface area contributed by atoms with Gasteiger partial charge >= 0.3 is 0 Å². The highest BCUT2D eigenvalue weighted by molar-refractivity contribution is 7.99. The number of amides is 1. The molecule has 0 saturated carbocycles. The monoisotopic (exact) mass is 385 g/mol. The summed E-state index contributed by atoms with van der Waals surface area (Å²) in [5.74, 6) is 0.500. The van der Waals surface area contributed by atoms with Crippen LogP contribution in [-0.2, 0) is 17.6 Å². The minimum Gasteiger partial charge on any atom is -0.326 e. The van der Waals surface area contributed by atoms with E-state index < -0.39 is 0 Å². The van der Waals surface area contributed by atoms with E-state index in [0.717, 1.165) is 36.4 Å². The third kappa shape index (κ3) is 5.00. The number of nitrogens with one attached hydrogen (secondary N) is 1. The van der Waals surface area contributed by atoms with Gasteiger partial charge in [0.25, 0.3) is 0 Å². The molecule has 1 aromatic heterocycles. The van der Waals surface area contributed by atoms with Gasteiger partial charge in [-0.3, -0.25) is 4.79 Å². The lowest BCUT2D eigenvalue weighted by Crippen LogP contribution is -2.12. The number of hydrogen-bond donors (Lipinski definition) is 1. The van der Waals surface area contributed by atoms with Crippen LogP contribution in [-0.4, -0.2) is 16.6 Å². The van der Waals surface area contributed by atoms with Gasteiger partial charge in [-0.2, -0.15) is 5.26 Å². The molecule has 1 aliphatic rings. The molecule has 1 amide bonds. The average Bonchev–Trinajstić information content (AvgIpc) is 2.85. The van der Waals surface area contributed by atoms with Crippen LogP contribution >= 0.6 is 23.4 Å². The lowest BCUT2D eigenvalue weighted by atomic mass is 10.1. The smallest absolute Gasteiger partial charge is 0.225 e. The first-order valence-electron chi connectivity index (χ1n) is 8.77. The Morgan fingerprint density at radius 1 is 1.27 bits per heavy atom. The van der Waals surface area contributed by atoms with E-state index in [9.17, 15) is 10.1 Å². The molecule has 3 rings (SSSR count). The molecule has 6 heteroatoms. The largest absolute Gasteiger partial charge is 0.326 e. The summed E-state index contributed by atoms with van der Waals surface area (Å²) in [5.41, 5.74) is 3.63. The van der Waals surface area contributed by atoms with Crippen molar-refractivity contribution in [1.29, 1.82) is 5.26 Å². The molecule has 26 heavy (non-hydrogen) atoms. The van der Waals surface area contributed by atoms with Gasteiger partial charge < -0.3 is 5.32 Å². The summed E-state index contributed by atoms with van der Waals surface area (Å²) < 4.78 is 0. The maximum absolute atomic E-state index is 12.1. The summed E-state index contributed by atoms with van der Waals surface area (Å²) >= 11 is 7.39. The van der Waals surface area contributed by atoms with Crippen LogP contribution in [0.2, 0.25) is 5.02 Å². The second-order valence-corrected chi connectivity index (χ2v) is 7.80. The third-order valence-electron chi connectivity index (χ3n) is 4.31. The number of halogens is 1. The van der Waals surface area contributed by atoms with E-state index in [4.69, 9.17) is 16.6 Å². The Kier molecular flexibility index (Phi) is 6.54. The summed E-state index contributed by atoms with van der Waals surface area (Å²) in [5, 5.41) is 13.6. The van der Waals surface area contributed by atoms with E-state index in [0.29, 0.717) is 28.4 Å². The fraction of sp³-hybridized carbons (Fsp3) is 0.350. The molecule has 0 fully saturated rings. The molecule has 1 N–H and O–H groups in total. The van der Waals surface area contributed by atoms with Crippen molar-refractivity contribution >= 4 is 35.0 Å². The molecule has 0 atom stereocenters. The van der Waals surface area contributed by atoms with Crippen molar-refractivity contribution in [2.24, 2.45) is 0 Å². The molecule has 0 bridgehead atoms. The summed E-state index contributed by atoms with van der Waals surface area (Å²) in [6.45, 7) is 0. The first kappa shape index (κ1) is 18.8. The molecular weight excluding hydrogens is 366 g/mol. The van der Waals surface area contributed by atoms with E-state index >= 15 is 0 Å². The second-order valence-electron chi connectivity index (χ2n) is 6.28. The zero-order chi connectivity index (χ0) is 18.4. The van der Waals surface area contributed by atoms with Crippen molar-refractivity contribution in [3.63, 3.8) is 0 Å². The zero-order valence-electron chi connectivity index (χ0n) is 14.4. The number of fused-ring (bicyclic) bond motifs is 1. The van der Waals surface area contributed by atoms with Crippen molar-refractivity contribution in [3.8, 4) is 6.07 Å². The van der Waals surface area contributed by atoms with Gasteiger partial charge in [-0.1, -0.05) is 24.1 Å². The number of nitrogens with zero attached hydrogens (tertiary/aromatic N) is 2. The number of anilines is 1. The molecule has 0 saturated heterocycles. The molecule has 1 heterocycles. The highest BCUT2D eigenvalue weighted by Crippen LogP contribution is 2.27. The van der Waals surface area contributed by atoms with Crippen LogP contribution in [0.5, 0.6) is 0 Å². The number of hydrogen-bond acceptors (Lipinski definition) is 4. The molecular formula is C20H20ClN3OS. The predicted octanol–water partition coefficient (Wildman–Crippen LogP) is 5.00. The van der Waals surface area contributed by atoms with Crippen LogP contribution in [0.15, 0.2) is 35.4 Å². The lowest BCUT2D eigenvalue weighted by molar-refractivity contribution is -0.115. The Hall–Kier alpha value is -2.03. The Balaban J connectivity index is 1.60. The Morgan fingerprint density at radius 2 is 2.12 bits per heavy atom. The topological polar surface area (TPSA) is 65.8 Å². The molecule has 2 aromatic rings. The van der Waals surface area contributed by atoms with E-state index in [1.54, 1.807) is 24.3 Å². The highest BCUT2D eigenvalue weighted by atomic mass is 35.5. The van der Waals surface area contributed by atoms with E-state index in [1.807, 2.05) is 6.07 Å². The number of aromatic nitrogens is 1. The van der Waals surface area contributed by atoms with E-state index in [-0.39, 0.29) is 5.91 Å². The van der Waals surface area contributed by atoms with Crippen molar-refractivity contribution in [3.05, 3.63) is 52.2 Å². The van der Waals surface area contributed by atoms with Gasteiger partial charge in [0.2, 0.25) is 5.91 Å². The fourth-order valence-electron chi connectivity index (χ4n) is 3.01. The van der Waals surface area contributed by atoms with Gasteiger partial charge in [-0.25, -0.2) is 4.98 Å². The number of carbonyl (C=O) groups excluding carboxylic acids is 1. The minimum absolute atomic E-state index is 0.0759. The van der Waals surface area contributed by atoms with Crippen LogP contribution in [0.4, 0.5) is 5.69 Å². The van der Waals surface area contributed by atoms with E-state index in [2.05, 4.69) is 11.4 Å². The van der Waals surface area contributed by atoms with Gasteiger partial charge in [-0.05, 0) is 55.5 Å². The van der Waals surface area contributed by atoms with Crippen molar-refractivity contribution in [2.45, 2.75) is 43.6 Å². The molecule has 0 spiro atoms. The predicted molar refractivity (Wildman–Crippen MR) is 106 cm³/mol. The summed E-state index contributed by atoms with van der Waals surface area (Å²) in [7, 11) is 0. The lowest BCUT2D eigenvalue weighted by Gasteiger charge is -2.10. The summed E-state index contributed by atoms with van der Waals surface area (Å²) in [6, 6.07) is 11.3. The van der Waals surface area contributed by atoms with Crippen LogP contribution in [0.3, 0.4) is 0 Å². The molecule has 0 radical (unpaired) electrons. The number of pyridine rings is 1. The molecule has 1 aliphatic carbocycles. The SMILES string of the molecule is N#Cc1cc2c(nc1SCCC(=O)Nc1cccc(Cl)c1)CCCCC2. The van der Waals surface area contributed by atoms with Gasteiger partial charge in [-0.15, -0.1) is 11.8 Å². The van der Waals surface area contributed by atoms with Gasteiger partial charge in [0.05, 0.1) is 5.56 Å². The quantitative estimate of drug-likeness (QED) is 0.581. The molecule has 134 valence electrons. The average molecular weight is 386 g/mol. The van der Waals surface area contributed by atoms with Gasteiger partial charge in [0.1, 0.15) is 11.1 Å². The van der Waals surface area contributed by atoms with Gasteiger partial charge in [0, 0.05) is 28.6 Å². The van der Waals surface area contributed by atoms with Gasteiger partial charge in [0.15, 0.2) is 0 Å². The normalized spacial score (nSPS) is 13.4. The molecule has 1 aromatic carbocycles. The molecule has 0 aliphatic heterocycles. The third-order valence-corrected chi connectivity index (χ3v) is 5.54. The summed E-state index contributed by atoms with van der Waals surface area (Å²) in [4.78, 5) is 16.8. The minimum atomic E-state index is -0.0759. The second kappa shape index (κ2) is 9.07. The van der Waals surface area contributed by atoms with Crippen LogP contribution in [0.1, 0.15) is 42.5 Å². The molecule has 4 nitrogen and oxygen atoms in total. The Morgan fingerprint density at radius 3 is 2.92 bits per heavy atom. The number of carbonyl (C=O) groups is 1. The maximum atomic E-state index is 12.1. The van der Waals surface area contributed by atoms with Crippen LogP contribution in [0, 0.1) is 11.3 Å². The summed E-state index contributed by atoms with van der Waals surface area (Å²) in [6.07, 6.45) is 5.85. The molecule has 0 unspecified atom stereocenters. The highest BCUT2D eigenvalue weighted by Gasteiger charge is 2.15. The Bertz CT molecular complexity index is 847. The fourth-order valence-corrected chi connectivity index (χ4v) is 4.12. The Labute approximate surface area is 163 Å². The maximum Gasteiger partial charge on any atom is 0.225 e. The van der Waals surface area contributed by atoms with Crippen molar-refractivity contribution < 1.29 is 4.79 Å². The van der Waals surface area contributed by atoms with Crippen molar-refractivity contribution in [2.75, 3.05) is 11.1 Å². The number of aryl methyl sites for hydroxylation is 2. The number of thioether (sulfide) groups is 1. The zero-order valence-corrected chi connectivity index (χ0v) is 16.0. The number of benzene rings is 1. The standard InChI is InChI=1S/C20H20ClN3OS/c21-16-6-4-7-17(12-16)23-19(25)9-10-26-20-15(13-22)11-14-5-2-1-3-8-18(14)24-20/h4,6-7,11-12H,1-3,5,8-10H2,(H,23,25).